The van der Waals surface area contributed by atoms with Gasteiger partial charge >= 0.3 is 0 Å². The van der Waals surface area contributed by atoms with Crippen molar-refractivity contribution in [2.45, 2.75) is 10.6 Å². The third-order valence-electron chi connectivity index (χ3n) is 3.63. The second-order valence-corrected chi connectivity index (χ2v) is 8.25. The number of hydrogen-bond acceptors (Lipinski definition) is 5. The quantitative estimate of drug-likeness (QED) is 0.628. The van der Waals surface area contributed by atoms with E-state index in [4.69, 9.17) is 4.74 Å². The smallest absolute Gasteiger partial charge is 0.186 e. The van der Waals surface area contributed by atoms with Crippen LogP contribution in [0.4, 0.5) is 0 Å². The number of aromatic nitrogens is 2. The van der Waals surface area contributed by atoms with Crippen LogP contribution in [0, 0.1) is 0 Å². The first kappa shape index (κ1) is 17.6. The van der Waals surface area contributed by atoms with E-state index in [0.717, 1.165) is 11.1 Å². The molecule has 0 saturated carbocycles. The van der Waals surface area contributed by atoms with Crippen LogP contribution in [0.5, 0.6) is 5.75 Å². The van der Waals surface area contributed by atoms with E-state index in [-0.39, 0.29) is 10.6 Å². The first-order chi connectivity index (χ1) is 12.0. The number of hydrogen-bond donors (Lipinski definition) is 0. The van der Waals surface area contributed by atoms with Crippen molar-refractivity contribution in [3.05, 3.63) is 71.2 Å². The monoisotopic (exact) mass is 418 g/mol. The average molecular weight is 419 g/mol. The van der Waals surface area contributed by atoms with E-state index < -0.39 is 9.84 Å². The Labute approximate surface area is 154 Å². The number of ether oxygens (including phenoxy) is 1. The zero-order chi connectivity index (χ0) is 17.9. The lowest BCUT2D eigenvalue weighted by Gasteiger charge is -2.11. The lowest BCUT2D eigenvalue weighted by Crippen LogP contribution is -2.07. The number of methoxy groups -OCH3 is 1. The summed E-state index contributed by atoms with van der Waals surface area (Å²) in [6.45, 7) is 0. The Morgan fingerprint density at radius 2 is 1.76 bits per heavy atom. The first-order valence-electron chi connectivity index (χ1n) is 7.40. The molecule has 0 radical (unpaired) electrons. The van der Waals surface area contributed by atoms with E-state index in [1.165, 1.54) is 7.11 Å². The second kappa shape index (κ2) is 7.33. The summed E-state index contributed by atoms with van der Waals surface area (Å²) in [4.78, 5) is 8.31. The molecule has 0 spiro atoms. The minimum absolute atomic E-state index is 0.152. The van der Waals surface area contributed by atoms with Crippen molar-refractivity contribution in [2.75, 3.05) is 7.11 Å². The highest BCUT2D eigenvalue weighted by atomic mass is 79.9. The molecule has 1 aromatic carbocycles. The van der Waals surface area contributed by atoms with Crippen molar-refractivity contribution >= 4 is 25.8 Å². The minimum atomic E-state index is -3.58. The van der Waals surface area contributed by atoms with Gasteiger partial charge in [-0.3, -0.25) is 9.97 Å². The molecule has 0 saturated heterocycles. The molecule has 0 atom stereocenters. The average Bonchev–Trinajstić information content (AvgIpc) is 2.62. The maximum absolute atomic E-state index is 12.8. The van der Waals surface area contributed by atoms with Crippen LogP contribution in [-0.2, 0) is 15.6 Å². The van der Waals surface area contributed by atoms with Crippen molar-refractivity contribution in [1.29, 1.82) is 0 Å². The van der Waals surface area contributed by atoms with Crippen molar-refractivity contribution in [3.63, 3.8) is 0 Å². The highest BCUT2D eigenvalue weighted by Crippen LogP contribution is 2.30. The topological polar surface area (TPSA) is 69.2 Å². The Morgan fingerprint density at radius 3 is 2.48 bits per heavy atom. The summed E-state index contributed by atoms with van der Waals surface area (Å²) in [5, 5.41) is 0. The number of rotatable bonds is 5. The SMILES string of the molecule is COc1ccc(Br)cc1S(=O)(=O)Cc1cncc(-c2ccncc2)c1. The van der Waals surface area contributed by atoms with Crippen LogP contribution in [-0.4, -0.2) is 25.5 Å². The Balaban J connectivity index is 1.96. The standard InChI is InChI=1S/C18H15BrN2O3S/c1-24-17-3-2-16(19)9-18(17)25(22,23)12-13-8-15(11-21-10-13)14-4-6-20-7-5-14/h2-11H,12H2,1H3. The van der Waals surface area contributed by atoms with Crippen LogP contribution >= 0.6 is 15.9 Å². The molecule has 3 rings (SSSR count). The van der Waals surface area contributed by atoms with Gasteiger partial charge in [-0.15, -0.1) is 0 Å². The van der Waals surface area contributed by atoms with Crippen LogP contribution in [0.15, 0.2) is 70.6 Å². The minimum Gasteiger partial charge on any atom is -0.495 e. The summed E-state index contributed by atoms with van der Waals surface area (Å²) in [5.41, 5.74) is 2.38. The molecular weight excluding hydrogens is 404 g/mol. The Morgan fingerprint density at radius 1 is 1.00 bits per heavy atom. The molecule has 0 aliphatic carbocycles. The summed E-state index contributed by atoms with van der Waals surface area (Å²) >= 11 is 3.31. The summed E-state index contributed by atoms with van der Waals surface area (Å²) in [7, 11) is -2.13. The molecule has 0 aliphatic rings. The van der Waals surface area contributed by atoms with Gasteiger partial charge in [-0.2, -0.15) is 0 Å². The predicted octanol–water partition coefficient (Wildman–Crippen LogP) is 3.89. The molecular formula is C18H15BrN2O3S. The molecule has 25 heavy (non-hydrogen) atoms. The Kier molecular flexibility index (Phi) is 5.15. The second-order valence-electron chi connectivity index (χ2n) is 5.37. The number of pyridine rings is 2. The molecule has 2 aromatic heterocycles. The normalized spacial score (nSPS) is 11.3. The predicted molar refractivity (Wildman–Crippen MR) is 99.1 cm³/mol. The maximum atomic E-state index is 12.8. The number of nitrogens with zero attached hydrogens (tertiary/aromatic N) is 2. The van der Waals surface area contributed by atoms with E-state index in [1.54, 1.807) is 43.0 Å². The van der Waals surface area contributed by atoms with Crippen LogP contribution in [0.1, 0.15) is 5.56 Å². The van der Waals surface area contributed by atoms with Crippen molar-refractivity contribution in [3.8, 4) is 16.9 Å². The molecule has 3 aromatic rings. The summed E-state index contributed by atoms with van der Waals surface area (Å²) in [6.07, 6.45) is 6.63. The first-order valence-corrected chi connectivity index (χ1v) is 9.85. The maximum Gasteiger partial charge on any atom is 0.186 e. The van der Waals surface area contributed by atoms with Gasteiger partial charge in [0.05, 0.1) is 12.9 Å². The van der Waals surface area contributed by atoms with Gasteiger partial charge in [0.15, 0.2) is 9.84 Å². The molecule has 0 fully saturated rings. The molecule has 2 heterocycles. The molecule has 5 nitrogen and oxygen atoms in total. The summed E-state index contributed by atoms with van der Waals surface area (Å²) in [5.74, 6) is 0.160. The van der Waals surface area contributed by atoms with Gasteiger partial charge < -0.3 is 4.74 Å². The number of sulfone groups is 1. The number of benzene rings is 1. The molecule has 128 valence electrons. The zero-order valence-electron chi connectivity index (χ0n) is 13.4. The van der Waals surface area contributed by atoms with E-state index >= 15 is 0 Å². The van der Waals surface area contributed by atoms with Gasteiger partial charge in [0, 0.05) is 34.8 Å². The Hall–Kier alpha value is -2.25. The van der Waals surface area contributed by atoms with Crippen LogP contribution in [0.3, 0.4) is 0 Å². The van der Waals surface area contributed by atoms with Gasteiger partial charge in [-0.05, 0) is 47.5 Å². The van der Waals surface area contributed by atoms with Gasteiger partial charge in [0.1, 0.15) is 10.6 Å². The van der Waals surface area contributed by atoms with Gasteiger partial charge in [-0.25, -0.2) is 8.42 Å². The van der Waals surface area contributed by atoms with Gasteiger partial charge in [0.25, 0.3) is 0 Å². The molecule has 0 amide bonds. The van der Waals surface area contributed by atoms with E-state index in [0.29, 0.717) is 15.8 Å². The van der Waals surface area contributed by atoms with Crippen molar-refractivity contribution in [1.82, 2.24) is 9.97 Å². The van der Waals surface area contributed by atoms with Gasteiger partial charge in [0.2, 0.25) is 0 Å². The third kappa shape index (κ3) is 4.05. The van der Waals surface area contributed by atoms with E-state index in [1.807, 2.05) is 18.2 Å². The highest BCUT2D eigenvalue weighted by molar-refractivity contribution is 9.10. The fraction of sp³-hybridized carbons (Fsp3) is 0.111. The van der Waals surface area contributed by atoms with Crippen LogP contribution < -0.4 is 4.74 Å². The van der Waals surface area contributed by atoms with Crippen molar-refractivity contribution < 1.29 is 13.2 Å². The highest BCUT2D eigenvalue weighted by Gasteiger charge is 2.21. The van der Waals surface area contributed by atoms with E-state index in [2.05, 4.69) is 25.9 Å². The summed E-state index contributed by atoms with van der Waals surface area (Å²) in [6, 6.07) is 10.4. The summed E-state index contributed by atoms with van der Waals surface area (Å²) < 4.78 is 31.6. The lowest BCUT2D eigenvalue weighted by atomic mass is 10.1. The molecule has 0 unspecified atom stereocenters. The fourth-order valence-electron chi connectivity index (χ4n) is 2.46. The lowest BCUT2D eigenvalue weighted by molar-refractivity contribution is 0.402. The fourth-order valence-corrected chi connectivity index (χ4v) is 4.49. The van der Waals surface area contributed by atoms with Crippen LogP contribution in [0.2, 0.25) is 0 Å². The van der Waals surface area contributed by atoms with Crippen molar-refractivity contribution in [2.24, 2.45) is 0 Å². The van der Waals surface area contributed by atoms with Gasteiger partial charge in [-0.1, -0.05) is 15.9 Å². The zero-order valence-corrected chi connectivity index (χ0v) is 15.8. The van der Waals surface area contributed by atoms with E-state index in [9.17, 15) is 8.42 Å². The molecule has 7 heteroatoms. The molecule has 0 aliphatic heterocycles. The third-order valence-corrected chi connectivity index (χ3v) is 5.82. The molecule has 0 N–H and O–H groups in total. The Bertz CT molecular complexity index is 992. The number of halogens is 1. The van der Waals surface area contributed by atoms with Crippen LogP contribution in [0.25, 0.3) is 11.1 Å². The molecule has 0 bridgehead atoms. The largest absolute Gasteiger partial charge is 0.495 e.